The van der Waals surface area contributed by atoms with Crippen molar-refractivity contribution in [2.24, 2.45) is 11.8 Å². The molecule has 2 nitrogen and oxygen atoms in total. The van der Waals surface area contributed by atoms with Gasteiger partial charge in [0.2, 0.25) is 0 Å². The minimum Gasteiger partial charge on any atom is -0.396 e. The monoisotopic (exact) mass is 171 g/mol. The minimum absolute atomic E-state index is 0.370. The van der Waals surface area contributed by atoms with Crippen molar-refractivity contribution in [2.75, 3.05) is 26.2 Å². The van der Waals surface area contributed by atoms with Crippen LogP contribution in [0.1, 0.15) is 26.7 Å². The molecule has 0 aliphatic carbocycles. The molecule has 0 aromatic carbocycles. The number of likely N-dealkylation sites (tertiary alicyclic amines) is 1. The molecule has 1 rings (SSSR count). The van der Waals surface area contributed by atoms with Crippen LogP contribution in [0.5, 0.6) is 0 Å². The molecule has 1 saturated heterocycles. The first-order valence-corrected chi connectivity index (χ1v) is 5.05. The first kappa shape index (κ1) is 10.0. The summed E-state index contributed by atoms with van der Waals surface area (Å²) in [5.41, 5.74) is 0. The van der Waals surface area contributed by atoms with Crippen LogP contribution in [0.15, 0.2) is 0 Å². The van der Waals surface area contributed by atoms with Crippen molar-refractivity contribution in [2.45, 2.75) is 26.7 Å². The van der Waals surface area contributed by atoms with Crippen LogP contribution in [0.2, 0.25) is 0 Å². The molecule has 0 saturated carbocycles. The van der Waals surface area contributed by atoms with Crippen LogP contribution in [0.25, 0.3) is 0 Å². The smallest absolute Gasteiger partial charge is 0.0471 e. The maximum atomic E-state index is 9.02. The third-order valence-electron chi connectivity index (χ3n) is 2.48. The fraction of sp³-hybridized carbons (Fsp3) is 1.00. The molecular formula is C10H21NO. The van der Waals surface area contributed by atoms with Crippen molar-refractivity contribution in [1.82, 2.24) is 4.90 Å². The minimum atomic E-state index is 0.370. The molecule has 72 valence electrons. The van der Waals surface area contributed by atoms with E-state index in [-0.39, 0.29) is 0 Å². The van der Waals surface area contributed by atoms with Crippen molar-refractivity contribution in [1.29, 1.82) is 0 Å². The summed E-state index contributed by atoms with van der Waals surface area (Å²) >= 11 is 0. The molecule has 1 fully saturated rings. The number of hydrogen-bond donors (Lipinski definition) is 1. The first-order chi connectivity index (χ1) is 5.72. The highest BCUT2D eigenvalue weighted by atomic mass is 16.3. The Balaban J connectivity index is 2.25. The van der Waals surface area contributed by atoms with Crippen molar-refractivity contribution < 1.29 is 5.11 Å². The van der Waals surface area contributed by atoms with Crippen molar-refractivity contribution >= 4 is 0 Å². The molecule has 0 spiro atoms. The van der Waals surface area contributed by atoms with Crippen LogP contribution in [0.4, 0.5) is 0 Å². The van der Waals surface area contributed by atoms with Gasteiger partial charge >= 0.3 is 0 Å². The Labute approximate surface area is 75.6 Å². The molecule has 1 unspecified atom stereocenters. The van der Waals surface area contributed by atoms with Gasteiger partial charge in [-0.2, -0.15) is 0 Å². The van der Waals surface area contributed by atoms with E-state index >= 15 is 0 Å². The van der Waals surface area contributed by atoms with E-state index in [2.05, 4.69) is 18.7 Å². The average Bonchev–Trinajstić information content (AvgIpc) is 2.03. The maximum Gasteiger partial charge on any atom is 0.0471 e. The Morgan fingerprint density at radius 3 is 2.83 bits per heavy atom. The standard InChI is InChI=1S/C10H21NO/c1-9(2)6-11-5-3-4-10(7-11)8-12/h9-10,12H,3-8H2,1-2H3. The SMILES string of the molecule is CC(C)CN1CCCC(CO)C1. The van der Waals surface area contributed by atoms with E-state index < -0.39 is 0 Å². The number of piperidine rings is 1. The second kappa shape index (κ2) is 4.83. The van der Waals surface area contributed by atoms with E-state index in [9.17, 15) is 0 Å². The summed E-state index contributed by atoms with van der Waals surface area (Å²) in [4.78, 5) is 2.48. The number of aliphatic hydroxyl groups is 1. The van der Waals surface area contributed by atoms with Crippen molar-refractivity contribution in [3.63, 3.8) is 0 Å². The highest BCUT2D eigenvalue weighted by Crippen LogP contribution is 2.16. The summed E-state index contributed by atoms with van der Waals surface area (Å²) in [6.07, 6.45) is 2.48. The van der Waals surface area contributed by atoms with E-state index in [1.165, 1.54) is 25.9 Å². The molecule has 0 bridgehead atoms. The van der Waals surface area contributed by atoms with Gasteiger partial charge in [0.25, 0.3) is 0 Å². The van der Waals surface area contributed by atoms with Crippen LogP contribution in [-0.4, -0.2) is 36.2 Å². The van der Waals surface area contributed by atoms with Gasteiger partial charge < -0.3 is 10.0 Å². The van der Waals surface area contributed by atoms with E-state index in [4.69, 9.17) is 5.11 Å². The first-order valence-electron chi connectivity index (χ1n) is 5.05. The average molecular weight is 171 g/mol. The molecule has 1 aliphatic heterocycles. The number of hydrogen-bond acceptors (Lipinski definition) is 2. The van der Waals surface area contributed by atoms with Crippen LogP contribution >= 0.6 is 0 Å². The normalized spacial score (nSPS) is 26.5. The van der Waals surface area contributed by atoms with Gasteiger partial charge in [-0.15, -0.1) is 0 Å². The van der Waals surface area contributed by atoms with Crippen LogP contribution in [0.3, 0.4) is 0 Å². The Hall–Kier alpha value is -0.0800. The lowest BCUT2D eigenvalue weighted by molar-refractivity contribution is 0.112. The van der Waals surface area contributed by atoms with Gasteiger partial charge in [-0.05, 0) is 31.2 Å². The fourth-order valence-corrected chi connectivity index (χ4v) is 1.98. The lowest BCUT2D eigenvalue weighted by atomic mass is 9.98. The molecule has 0 aromatic rings. The van der Waals surface area contributed by atoms with Crippen molar-refractivity contribution in [3.8, 4) is 0 Å². The van der Waals surface area contributed by atoms with E-state index in [0.29, 0.717) is 12.5 Å². The van der Waals surface area contributed by atoms with Gasteiger partial charge in [0.05, 0.1) is 0 Å². The summed E-state index contributed by atoms with van der Waals surface area (Å²) in [5.74, 6) is 1.29. The van der Waals surface area contributed by atoms with E-state index in [1.54, 1.807) is 0 Å². The summed E-state index contributed by atoms with van der Waals surface area (Å²) in [6, 6.07) is 0. The topological polar surface area (TPSA) is 23.5 Å². The Kier molecular flexibility index (Phi) is 4.02. The van der Waals surface area contributed by atoms with E-state index in [0.717, 1.165) is 12.5 Å². The van der Waals surface area contributed by atoms with Gasteiger partial charge in [0, 0.05) is 19.7 Å². The number of aliphatic hydroxyl groups excluding tert-OH is 1. The molecule has 0 amide bonds. The highest BCUT2D eigenvalue weighted by Gasteiger charge is 2.19. The molecule has 0 aromatic heterocycles. The molecule has 1 N–H and O–H groups in total. The van der Waals surface area contributed by atoms with Crippen LogP contribution in [0, 0.1) is 11.8 Å². The zero-order chi connectivity index (χ0) is 8.97. The van der Waals surface area contributed by atoms with Gasteiger partial charge in [0.15, 0.2) is 0 Å². The largest absolute Gasteiger partial charge is 0.396 e. The summed E-state index contributed by atoms with van der Waals surface area (Å²) < 4.78 is 0. The van der Waals surface area contributed by atoms with Crippen LogP contribution < -0.4 is 0 Å². The molecule has 0 radical (unpaired) electrons. The Morgan fingerprint density at radius 2 is 2.25 bits per heavy atom. The molecule has 12 heavy (non-hydrogen) atoms. The lowest BCUT2D eigenvalue weighted by Crippen LogP contribution is -2.38. The number of rotatable bonds is 3. The van der Waals surface area contributed by atoms with Gasteiger partial charge in [-0.1, -0.05) is 13.8 Å². The summed E-state index contributed by atoms with van der Waals surface area (Å²) in [5, 5.41) is 9.02. The molecule has 1 aliphatic rings. The fourth-order valence-electron chi connectivity index (χ4n) is 1.98. The second-order valence-electron chi connectivity index (χ2n) is 4.34. The number of nitrogens with zero attached hydrogens (tertiary/aromatic N) is 1. The lowest BCUT2D eigenvalue weighted by Gasteiger charge is -2.32. The molecular weight excluding hydrogens is 150 g/mol. The second-order valence-corrected chi connectivity index (χ2v) is 4.34. The highest BCUT2D eigenvalue weighted by molar-refractivity contribution is 4.72. The molecule has 1 atom stereocenters. The maximum absolute atomic E-state index is 9.02. The van der Waals surface area contributed by atoms with Gasteiger partial charge in [-0.3, -0.25) is 0 Å². The third kappa shape index (κ3) is 3.11. The van der Waals surface area contributed by atoms with Crippen molar-refractivity contribution in [3.05, 3.63) is 0 Å². The summed E-state index contributed by atoms with van der Waals surface area (Å²) in [7, 11) is 0. The van der Waals surface area contributed by atoms with Gasteiger partial charge in [-0.25, -0.2) is 0 Å². The molecule has 1 heterocycles. The molecule has 2 heteroatoms. The zero-order valence-corrected chi connectivity index (χ0v) is 8.29. The predicted octanol–water partition coefficient (Wildman–Crippen LogP) is 1.35. The Morgan fingerprint density at radius 1 is 1.50 bits per heavy atom. The van der Waals surface area contributed by atoms with E-state index in [1.807, 2.05) is 0 Å². The summed E-state index contributed by atoms with van der Waals surface area (Å²) in [6.45, 7) is 8.40. The van der Waals surface area contributed by atoms with Gasteiger partial charge in [0.1, 0.15) is 0 Å². The third-order valence-corrected chi connectivity index (χ3v) is 2.48. The zero-order valence-electron chi connectivity index (χ0n) is 8.29. The predicted molar refractivity (Wildman–Crippen MR) is 51.1 cm³/mol. The quantitative estimate of drug-likeness (QED) is 0.693. The Bertz CT molecular complexity index is 125. The van der Waals surface area contributed by atoms with Crippen LogP contribution in [-0.2, 0) is 0 Å².